The molecule has 0 spiro atoms. The first kappa shape index (κ1) is 8.33. The van der Waals surface area contributed by atoms with Gasteiger partial charge in [0.2, 0.25) is 0 Å². The Kier molecular flexibility index (Phi) is 2.70. The number of aromatic nitrogens is 2. The number of hydrogen-bond donors (Lipinski definition) is 0. The van der Waals surface area contributed by atoms with Crippen LogP contribution in [0.5, 0.6) is 0 Å². The van der Waals surface area contributed by atoms with Crippen molar-refractivity contribution in [1.29, 1.82) is 0 Å². The van der Waals surface area contributed by atoms with Gasteiger partial charge in [-0.05, 0) is 6.42 Å². The minimum absolute atomic E-state index is 0.0854. The second kappa shape index (κ2) is 3.57. The number of Topliss-reactive ketones (excluding diaryl/α,β-unsaturated/α-hetero) is 1. The maximum absolute atomic E-state index is 11.1. The van der Waals surface area contributed by atoms with Crippen molar-refractivity contribution in [3.05, 3.63) is 10.0 Å². The molecule has 0 unspecified atom stereocenters. The Morgan fingerprint density at radius 2 is 2.18 bits per heavy atom. The maximum Gasteiger partial charge on any atom is 0.193 e. The Balaban J connectivity index is 2.80. The van der Waals surface area contributed by atoms with E-state index in [1.54, 1.807) is 0 Å². The average molecular weight is 170 g/mol. The van der Waals surface area contributed by atoms with Crippen LogP contribution < -0.4 is 0 Å². The fourth-order valence-electron chi connectivity index (χ4n) is 0.660. The normalized spacial score (nSPS) is 10.0. The van der Waals surface area contributed by atoms with Crippen molar-refractivity contribution in [2.24, 2.45) is 0 Å². The second-order valence-corrected chi connectivity index (χ2v) is 3.19. The van der Waals surface area contributed by atoms with Crippen LogP contribution >= 0.6 is 11.3 Å². The molecule has 0 saturated heterocycles. The maximum atomic E-state index is 11.1. The SMILES string of the molecule is CCC(=O)c1nnc(CC)s1. The lowest BCUT2D eigenvalue weighted by Crippen LogP contribution is -1.94. The number of carbonyl (C=O) groups is 1. The fraction of sp³-hybridized carbons (Fsp3) is 0.571. The lowest BCUT2D eigenvalue weighted by molar-refractivity contribution is 0.0987. The molecule has 0 aliphatic carbocycles. The van der Waals surface area contributed by atoms with Crippen molar-refractivity contribution in [1.82, 2.24) is 10.2 Å². The van der Waals surface area contributed by atoms with Crippen LogP contribution in [-0.2, 0) is 6.42 Å². The molecule has 0 amide bonds. The molecule has 1 rings (SSSR count). The third-order valence-electron chi connectivity index (χ3n) is 1.33. The Hall–Kier alpha value is -0.770. The first-order valence-corrected chi connectivity index (χ1v) is 4.45. The van der Waals surface area contributed by atoms with Gasteiger partial charge in [-0.1, -0.05) is 25.2 Å². The molecule has 4 heteroatoms. The molecule has 0 aliphatic heterocycles. The van der Waals surface area contributed by atoms with E-state index in [9.17, 15) is 4.79 Å². The van der Waals surface area contributed by atoms with Crippen molar-refractivity contribution >= 4 is 17.1 Å². The van der Waals surface area contributed by atoms with Crippen LogP contribution in [0, 0.1) is 0 Å². The molecular formula is C7H10N2OS. The topological polar surface area (TPSA) is 42.9 Å². The highest BCUT2D eigenvalue weighted by Gasteiger charge is 2.08. The Labute approximate surface area is 69.5 Å². The van der Waals surface area contributed by atoms with Gasteiger partial charge in [-0.25, -0.2) is 0 Å². The predicted octanol–water partition coefficient (Wildman–Crippen LogP) is 1.69. The summed E-state index contributed by atoms with van der Waals surface area (Å²) in [6, 6.07) is 0. The van der Waals surface area contributed by atoms with E-state index in [0.29, 0.717) is 11.4 Å². The molecule has 1 aromatic rings. The zero-order valence-electron chi connectivity index (χ0n) is 6.63. The highest BCUT2D eigenvalue weighted by atomic mass is 32.1. The number of carbonyl (C=O) groups excluding carboxylic acids is 1. The van der Waals surface area contributed by atoms with E-state index < -0.39 is 0 Å². The summed E-state index contributed by atoms with van der Waals surface area (Å²) in [6.07, 6.45) is 1.37. The number of rotatable bonds is 3. The molecule has 60 valence electrons. The van der Waals surface area contributed by atoms with Crippen LogP contribution in [0.4, 0.5) is 0 Å². The van der Waals surface area contributed by atoms with E-state index >= 15 is 0 Å². The van der Waals surface area contributed by atoms with Crippen LogP contribution in [0.2, 0.25) is 0 Å². The molecule has 1 heterocycles. The number of nitrogens with zero attached hydrogens (tertiary/aromatic N) is 2. The summed E-state index contributed by atoms with van der Waals surface area (Å²) in [5, 5.41) is 9.11. The summed E-state index contributed by atoms with van der Waals surface area (Å²) < 4.78 is 0. The molecule has 0 N–H and O–H groups in total. The van der Waals surface area contributed by atoms with Crippen molar-refractivity contribution in [2.45, 2.75) is 26.7 Å². The van der Waals surface area contributed by atoms with E-state index in [1.807, 2.05) is 13.8 Å². The van der Waals surface area contributed by atoms with Crippen LogP contribution in [0.25, 0.3) is 0 Å². The third kappa shape index (κ3) is 1.83. The molecule has 11 heavy (non-hydrogen) atoms. The van der Waals surface area contributed by atoms with Gasteiger partial charge in [-0.2, -0.15) is 0 Å². The van der Waals surface area contributed by atoms with Gasteiger partial charge in [0.05, 0.1) is 0 Å². The van der Waals surface area contributed by atoms with Crippen LogP contribution in [0.3, 0.4) is 0 Å². The fourth-order valence-corrected chi connectivity index (χ4v) is 1.45. The number of ketones is 1. The summed E-state index contributed by atoms with van der Waals surface area (Å²) >= 11 is 1.39. The lowest BCUT2D eigenvalue weighted by atomic mass is 10.3. The van der Waals surface area contributed by atoms with Gasteiger partial charge < -0.3 is 0 Å². The van der Waals surface area contributed by atoms with Crippen molar-refractivity contribution in [3.8, 4) is 0 Å². The molecule has 0 saturated carbocycles. The van der Waals surface area contributed by atoms with Crippen molar-refractivity contribution in [2.75, 3.05) is 0 Å². The molecule has 0 aromatic carbocycles. The summed E-state index contributed by atoms with van der Waals surface area (Å²) in [5.41, 5.74) is 0. The standard InChI is InChI=1S/C7H10N2OS/c1-3-5(10)7-9-8-6(4-2)11-7/h3-4H2,1-2H3. The first-order chi connectivity index (χ1) is 5.27. The van der Waals surface area contributed by atoms with Crippen molar-refractivity contribution in [3.63, 3.8) is 0 Å². The van der Waals surface area contributed by atoms with Gasteiger partial charge in [-0.3, -0.25) is 4.79 Å². The van der Waals surface area contributed by atoms with Gasteiger partial charge in [0.25, 0.3) is 0 Å². The molecule has 0 fully saturated rings. The molecule has 0 bridgehead atoms. The second-order valence-electron chi connectivity index (χ2n) is 2.13. The van der Waals surface area contributed by atoms with Gasteiger partial charge in [0, 0.05) is 6.42 Å². The molecule has 0 atom stereocenters. The quantitative estimate of drug-likeness (QED) is 0.648. The van der Waals surface area contributed by atoms with Crippen molar-refractivity contribution < 1.29 is 4.79 Å². The number of hydrogen-bond acceptors (Lipinski definition) is 4. The van der Waals surface area contributed by atoms with E-state index in [0.717, 1.165) is 11.4 Å². The molecule has 1 aromatic heterocycles. The highest BCUT2D eigenvalue weighted by molar-refractivity contribution is 7.13. The third-order valence-corrected chi connectivity index (χ3v) is 2.44. The van der Waals surface area contributed by atoms with Crippen LogP contribution in [0.1, 0.15) is 35.1 Å². The Bertz CT molecular complexity index is 257. The smallest absolute Gasteiger partial charge is 0.193 e. The highest BCUT2D eigenvalue weighted by Crippen LogP contribution is 2.11. The monoisotopic (exact) mass is 170 g/mol. The molecule has 0 aliphatic rings. The first-order valence-electron chi connectivity index (χ1n) is 3.63. The van der Waals surface area contributed by atoms with Gasteiger partial charge in [0.1, 0.15) is 5.01 Å². The molecule has 0 radical (unpaired) electrons. The van der Waals surface area contributed by atoms with E-state index in [2.05, 4.69) is 10.2 Å². The summed E-state index contributed by atoms with van der Waals surface area (Å²) in [4.78, 5) is 11.1. The average Bonchev–Trinajstić information content (AvgIpc) is 2.50. The minimum Gasteiger partial charge on any atom is -0.291 e. The summed E-state index contributed by atoms with van der Waals surface area (Å²) in [5.74, 6) is 0.0854. The zero-order chi connectivity index (χ0) is 8.27. The van der Waals surface area contributed by atoms with Crippen LogP contribution in [-0.4, -0.2) is 16.0 Å². The minimum atomic E-state index is 0.0854. The number of aryl methyl sites for hydroxylation is 1. The molecular weight excluding hydrogens is 160 g/mol. The van der Waals surface area contributed by atoms with Crippen LogP contribution in [0.15, 0.2) is 0 Å². The lowest BCUT2D eigenvalue weighted by Gasteiger charge is -1.84. The van der Waals surface area contributed by atoms with Gasteiger partial charge in [-0.15, -0.1) is 10.2 Å². The zero-order valence-corrected chi connectivity index (χ0v) is 7.44. The van der Waals surface area contributed by atoms with E-state index in [-0.39, 0.29) is 5.78 Å². The van der Waals surface area contributed by atoms with Gasteiger partial charge in [0.15, 0.2) is 10.8 Å². The Morgan fingerprint density at radius 3 is 2.64 bits per heavy atom. The van der Waals surface area contributed by atoms with E-state index in [4.69, 9.17) is 0 Å². The largest absolute Gasteiger partial charge is 0.291 e. The summed E-state index contributed by atoms with van der Waals surface area (Å²) in [7, 11) is 0. The Morgan fingerprint density at radius 1 is 1.45 bits per heavy atom. The van der Waals surface area contributed by atoms with Gasteiger partial charge >= 0.3 is 0 Å². The molecule has 3 nitrogen and oxygen atoms in total. The van der Waals surface area contributed by atoms with E-state index in [1.165, 1.54) is 11.3 Å². The summed E-state index contributed by atoms with van der Waals surface area (Å²) in [6.45, 7) is 3.83. The predicted molar refractivity (Wildman–Crippen MR) is 43.9 cm³/mol.